The Morgan fingerprint density at radius 2 is 1.83 bits per heavy atom. The molecule has 1 heterocycles. The molecule has 3 rings (SSSR count). The van der Waals surface area contributed by atoms with Crippen LogP contribution in [0.15, 0.2) is 47.4 Å². The van der Waals surface area contributed by atoms with Crippen molar-refractivity contribution in [2.45, 2.75) is 30.8 Å². The van der Waals surface area contributed by atoms with Gasteiger partial charge in [0.2, 0.25) is 0 Å². The van der Waals surface area contributed by atoms with Crippen molar-refractivity contribution in [3.8, 4) is 0 Å². The molecule has 0 bridgehead atoms. The van der Waals surface area contributed by atoms with Crippen LogP contribution in [0.25, 0.3) is 0 Å². The lowest BCUT2D eigenvalue weighted by molar-refractivity contribution is 0.0648. The molecule has 1 N–H and O–H groups in total. The molecule has 0 saturated heterocycles. The van der Waals surface area contributed by atoms with Crippen LogP contribution in [-0.2, 0) is 21.9 Å². The topological polar surface area (TPSA) is 57.6 Å². The first kappa shape index (κ1) is 17.0. The van der Waals surface area contributed by atoms with Crippen LogP contribution in [-0.4, -0.2) is 32.9 Å². The fraction of sp³-hybridized carbons (Fsp3) is 0.368. The predicted octanol–water partition coefficient (Wildman–Crippen LogP) is 2.67. The maximum atomic E-state index is 11.6. The van der Waals surface area contributed by atoms with Crippen molar-refractivity contribution in [2.75, 3.05) is 24.2 Å². The van der Waals surface area contributed by atoms with E-state index in [1.807, 2.05) is 6.07 Å². The molecule has 0 fully saturated rings. The molecule has 0 spiro atoms. The van der Waals surface area contributed by atoms with Gasteiger partial charge in [-0.15, -0.1) is 0 Å². The Kier molecular flexibility index (Phi) is 4.18. The fourth-order valence-electron chi connectivity index (χ4n) is 3.36. The van der Waals surface area contributed by atoms with Crippen molar-refractivity contribution < 1.29 is 13.5 Å². The summed E-state index contributed by atoms with van der Waals surface area (Å²) in [7, 11) is -3.22. The third kappa shape index (κ3) is 3.19. The molecule has 1 atom stereocenters. The molecule has 1 aliphatic heterocycles. The van der Waals surface area contributed by atoms with Gasteiger partial charge in [-0.1, -0.05) is 24.3 Å². The molecule has 1 unspecified atom stereocenters. The Labute approximate surface area is 143 Å². The molecule has 0 amide bonds. The maximum absolute atomic E-state index is 11.6. The summed E-state index contributed by atoms with van der Waals surface area (Å²) in [6, 6.07) is 12.8. The van der Waals surface area contributed by atoms with Crippen LogP contribution in [0.2, 0.25) is 0 Å². The predicted molar refractivity (Wildman–Crippen MR) is 96.2 cm³/mol. The van der Waals surface area contributed by atoms with Crippen molar-refractivity contribution in [3.05, 3.63) is 59.2 Å². The largest absolute Gasteiger partial charge is 0.384 e. The van der Waals surface area contributed by atoms with Crippen LogP contribution in [0.5, 0.6) is 0 Å². The van der Waals surface area contributed by atoms with Crippen LogP contribution in [0.1, 0.15) is 23.6 Å². The maximum Gasteiger partial charge on any atom is 0.175 e. The zero-order valence-corrected chi connectivity index (χ0v) is 15.1. The number of sulfone groups is 1. The minimum Gasteiger partial charge on any atom is -0.384 e. The summed E-state index contributed by atoms with van der Waals surface area (Å²) in [5.41, 5.74) is 3.48. The molecule has 4 nitrogen and oxygen atoms in total. The van der Waals surface area contributed by atoms with Gasteiger partial charge in [0.25, 0.3) is 0 Å². The van der Waals surface area contributed by atoms with Crippen molar-refractivity contribution in [1.82, 2.24) is 0 Å². The van der Waals surface area contributed by atoms with Gasteiger partial charge in [0, 0.05) is 18.5 Å². The molecule has 0 aliphatic carbocycles. The highest BCUT2D eigenvalue weighted by molar-refractivity contribution is 7.90. The molecule has 1 aliphatic rings. The molecular weight excluding hydrogens is 322 g/mol. The van der Waals surface area contributed by atoms with Crippen LogP contribution in [0.3, 0.4) is 0 Å². The average Bonchev–Trinajstić information content (AvgIpc) is 2.90. The summed E-state index contributed by atoms with van der Waals surface area (Å²) in [5.74, 6) is 0. The number of aliphatic hydroxyl groups is 1. The number of hydrogen-bond acceptors (Lipinski definition) is 4. The summed E-state index contributed by atoms with van der Waals surface area (Å²) in [4.78, 5) is 2.47. The average molecular weight is 345 g/mol. The van der Waals surface area contributed by atoms with E-state index < -0.39 is 15.4 Å². The SMILES string of the molecule is Cc1cccc2c1CCN2CC(C)(O)c1ccc(S(C)(=O)=O)cc1. The first-order valence-electron chi connectivity index (χ1n) is 8.05. The lowest BCUT2D eigenvalue weighted by atomic mass is 9.95. The molecule has 0 saturated carbocycles. The van der Waals surface area contributed by atoms with Gasteiger partial charge < -0.3 is 10.0 Å². The standard InChI is InChI=1S/C19H23NO3S/c1-14-5-4-6-18-17(14)11-12-20(18)13-19(2,21)15-7-9-16(10-8-15)24(3,22)23/h4-10,21H,11-13H2,1-3H3. The van der Waals surface area contributed by atoms with E-state index in [-0.39, 0.29) is 4.90 Å². The molecule has 2 aromatic carbocycles. The normalized spacial score (nSPS) is 16.8. The summed E-state index contributed by atoms with van der Waals surface area (Å²) in [5, 5.41) is 10.9. The quantitative estimate of drug-likeness (QED) is 0.926. The zero-order chi connectivity index (χ0) is 17.5. The van der Waals surface area contributed by atoms with Crippen molar-refractivity contribution in [3.63, 3.8) is 0 Å². The van der Waals surface area contributed by atoms with Crippen LogP contribution in [0.4, 0.5) is 5.69 Å². The zero-order valence-electron chi connectivity index (χ0n) is 14.3. The number of fused-ring (bicyclic) bond motifs is 1. The molecule has 128 valence electrons. The summed E-state index contributed by atoms with van der Waals surface area (Å²) >= 11 is 0. The Morgan fingerprint density at radius 1 is 1.17 bits per heavy atom. The van der Waals surface area contributed by atoms with E-state index >= 15 is 0 Å². The molecule has 0 aromatic heterocycles. The van der Waals surface area contributed by atoms with E-state index in [0.29, 0.717) is 6.54 Å². The van der Waals surface area contributed by atoms with Crippen molar-refractivity contribution >= 4 is 15.5 Å². The summed E-state index contributed by atoms with van der Waals surface area (Å²) < 4.78 is 23.1. The minimum atomic E-state index is -3.22. The van der Waals surface area contributed by atoms with Gasteiger partial charge in [-0.2, -0.15) is 0 Å². The number of anilines is 1. The van der Waals surface area contributed by atoms with E-state index in [9.17, 15) is 13.5 Å². The molecule has 5 heteroatoms. The van der Waals surface area contributed by atoms with Gasteiger partial charge in [0.1, 0.15) is 5.60 Å². The summed E-state index contributed by atoms with van der Waals surface area (Å²) in [6.45, 7) is 5.25. The third-order valence-electron chi connectivity index (χ3n) is 4.76. The number of hydrogen-bond donors (Lipinski definition) is 1. The number of nitrogens with zero attached hydrogens (tertiary/aromatic N) is 1. The Balaban J connectivity index is 1.84. The second-order valence-corrected chi connectivity index (χ2v) is 8.83. The van der Waals surface area contributed by atoms with Gasteiger partial charge in [-0.25, -0.2) is 8.42 Å². The van der Waals surface area contributed by atoms with E-state index in [2.05, 4.69) is 24.0 Å². The van der Waals surface area contributed by atoms with Gasteiger partial charge in [0.15, 0.2) is 9.84 Å². The smallest absolute Gasteiger partial charge is 0.175 e. The van der Waals surface area contributed by atoms with E-state index in [1.165, 1.54) is 23.1 Å². The molecule has 0 radical (unpaired) electrons. The fourth-order valence-corrected chi connectivity index (χ4v) is 3.99. The highest BCUT2D eigenvalue weighted by Crippen LogP contribution is 2.33. The number of aryl methyl sites for hydroxylation is 1. The Bertz CT molecular complexity index is 855. The van der Waals surface area contributed by atoms with Gasteiger partial charge in [-0.05, 0) is 55.2 Å². The van der Waals surface area contributed by atoms with E-state index in [4.69, 9.17) is 0 Å². The highest BCUT2D eigenvalue weighted by Gasteiger charge is 2.30. The molecule has 2 aromatic rings. The first-order chi connectivity index (χ1) is 11.2. The van der Waals surface area contributed by atoms with Gasteiger partial charge >= 0.3 is 0 Å². The van der Waals surface area contributed by atoms with Gasteiger partial charge in [-0.3, -0.25) is 0 Å². The van der Waals surface area contributed by atoms with Crippen LogP contribution < -0.4 is 4.90 Å². The number of β-amino-alcohol motifs (C(OH)–C–C–N with tert-alkyl or cyclic N) is 1. The minimum absolute atomic E-state index is 0.268. The number of rotatable bonds is 4. The highest BCUT2D eigenvalue weighted by atomic mass is 32.2. The lowest BCUT2D eigenvalue weighted by Gasteiger charge is -2.31. The second-order valence-electron chi connectivity index (χ2n) is 6.81. The van der Waals surface area contributed by atoms with Crippen molar-refractivity contribution in [1.29, 1.82) is 0 Å². The van der Waals surface area contributed by atoms with Crippen molar-refractivity contribution in [2.24, 2.45) is 0 Å². The Hall–Kier alpha value is -1.85. The summed E-state index contributed by atoms with van der Waals surface area (Å²) in [6.07, 6.45) is 2.18. The molecular formula is C19H23NO3S. The second kappa shape index (κ2) is 5.90. The van der Waals surface area contributed by atoms with Crippen LogP contribution in [0, 0.1) is 6.92 Å². The lowest BCUT2D eigenvalue weighted by Crippen LogP contribution is -2.38. The third-order valence-corrected chi connectivity index (χ3v) is 5.89. The number of benzene rings is 2. The van der Waals surface area contributed by atoms with Gasteiger partial charge in [0.05, 0.1) is 11.4 Å². The molecule has 24 heavy (non-hydrogen) atoms. The van der Waals surface area contributed by atoms with E-state index in [1.54, 1.807) is 31.2 Å². The first-order valence-corrected chi connectivity index (χ1v) is 9.94. The monoisotopic (exact) mass is 345 g/mol. The van der Waals surface area contributed by atoms with E-state index in [0.717, 1.165) is 18.5 Å². The van der Waals surface area contributed by atoms with Crippen LogP contribution >= 0.6 is 0 Å². The Morgan fingerprint density at radius 3 is 2.46 bits per heavy atom.